The number of hydrogen-bond donors (Lipinski definition) is 0. The van der Waals surface area contributed by atoms with Gasteiger partial charge < -0.3 is 9.13 Å². The predicted molar refractivity (Wildman–Crippen MR) is 171 cm³/mol. The van der Waals surface area contributed by atoms with Gasteiger partial charge in [-0.3, -0.25) is 14.3 Å². The fraction of sp³-hybridized carbons (Fsp3) is 0.182. The Bertz CT molecular complexity index is 2460. The first-order chi connectivity index (χ1) is 23.5. The molecule has 0 spiro atoms. The molecule has 2 aromatic carbocycles. The van der Waals surface area contributed by atoms with Crippen LogP contribution in [0.5, 0.6) is 0 Å². The number of pyridine rings is 2. The third-order valence-corrected chi connectivity index (χ3v) is 9.62. The van der Waals surface area contributed by atoms with E-state index in [0.717, 1.165) is 27.0 Å². The maximum absolute atomic E-state index is 14.3. The molecule has 4 heterocycles. The van der Waals surface area contributed by atoms with Gasteiger partial charge >= 0.3 is 12.7 Å². The van der Waals surface area contributed by atoms with E-state index in [9.17, 15) is 44.3 Å². The monoisotopic (exact) mass is 717 g/mol. The second-order valence-electron chi connectivity index (χ2n) is 11.3. The number of alkyl halides is 6. The van der Waals surface area contributed by atoms with Gasteiger partial charge in [-0.25, -0.2) is 12.4 Å². The Morgan fingerprint density at radius 1 is 0.820 bits per heavy atom. The molecular weight excluding hydrogens is 692 g/mol. The van der Waals surface area contributed by atoms with Gasteiger partial charge in [-0.2, -0.15) is 9.78 Å². The van der Waals surface area contributed by atoms with Crippen molar-refractivity contribution < 1.29 is 39.5 Å². The van der Waals surface area contributed by atoms with E-state index in [4.69, 9.17) is 0 Å². The summed E-state index contributed by atoms with van der Waals surface area (Å²) in [4.78, 5) is 26.9. The number of fused-ring (bicyclic) bond motifs is 1. The fourth-order valence-corrected chi connectivity index (χ4v) is 7.07. The van der Waals surface area contributed by atoms with Gasteiger partial charge in [-0.05, 0) is 36.2 Å². The molecule has 0 saturated heterocycles. The highest BCUT2D eigenvalue weighted by atomic mass is 32.2. The minimum atomic E-state index is -4.94. The van der Waals surface area contributed by atoms with Crippen LogP contribution in [0.1, 0.15) is 5.56 Å². The minimum Gasteiger partial charge on any atom is -0.316 e. The van der Waals surface area contributed by atoms with Gasteiger partial charge in [0.15, 0.2) is 0 Å². The van der Waals surface area contributed by atoms with Gasteiger partial charge in [0, 0.05) is 60.3 Å². The standard InChI is InChI=1S/C33H25F6N5O5S/c1-20-8-10-23(11-9-20)50(47,48)44-28(22-16-40-43(17-22)32(34,35)36)14-25-27(18-41(2)31(46)30(25)44)24-15-29(45)42(12-13-49-33(37,38)39)19-26(24)21-6-4-3-5-7-21/h3-11,14-19H,12-13H2,1-2H3. The first-order valence-corrected chi connectivity index (χ1v) is 16.1. The number of aryl methyl sites for hydroxylation is 2. The number of rotatable bonds is 8. The predicted octanol–water partition coefficient (Wildman–Crippen LogP) is 6.26. The summed E-state index contributed by atoms with van der Waals surface area (Å²) in [6.07, 6.45) is -5.81. The van der Waals surface area contributed by atoms with Crippen molar-refractivity contribution in [3.05, 3.63) is 118 Å². The van der Waals surface area contributed by atoms with Crippen molar-refractivity contribution in [3.8, 4) is 33.5 Å². The van der Waals surface area contributed by atoms with Crippen molar-refractivity contribution in [2.24, 2.45) is 7.05 Å². The van der Waals surface area contributed by atoms with E-state index in [0.29, 0.717) is 21.3 Å². The molecule has 0 unspecified atom stereocenters. The Morgan fingerprint density at radius 2 is 1.50 bits per heavy atom. The third-order valence-electron chi connectivity index (χ3n) is 7.89. The molecular formula is C33H25F6N5O5S. The lowest BCUT2D eigenvalue weighted by Gasteiger charge is -2.16. The number of aromatic nitrogens is 5. The molecule has 4 aromatic heterocycles. The molecule has 6 aromatic rings. The van der Waals surface area contributed by atoms with Crippen molar-refractivity contribution >= 4 is 20.9 Å². The summed E-state index contributed by atoms with van der Waals surface area (Å²) in [5.74, 6) is 0. The smallest absolute Gasteiger partial charge is 0.316 e. The molecule has 0 bridgehead atoms. The van der Waals surface area contributed by atoms with Crippen LogP contribution in [0.4, 0.5) is 26.3 Å². The summed E-state index contributed by atoms with van der Waals surface area (Å²) in [7, 11) is -3.33. The second kappa shape index (κ2) is 12.5. The summed E-state index contributed by atoms with van der Waals surface area (Å²) in [6, 6.07) is 16.4. The second-order valence-corrected chi connectivity index (χ2v) is 13.1. The highest BCUT2D eigenvalue weighted by molar-refractivity contribution is 7.90. The van der Waals surface area contributed by atoms with Crippen molar-refractivity contribution in [3.63, 3.8) is 0 Å². The van der Waals surface area contributed by atoms with Gasteiger partial charge in [0.2, 0.25) is 0 Å². The molecule has 6 rings (SSSR count). The third kappa shape index (κ3) is 6.48. The summed E-state index contributed by atoms with van der Waals surface area (Å²) in [5.41, 5.74) is -0.757. The van der Waals surface area contributed by atoms with Crippen molar-refractivity contribution in [2.45, 2.75) is 31.0 Å². The topological polar surface area (TPSA) is 110 Å². The quantitative estimate of drug-likeness (QED) is 0.172. The number of hydrogen-bond acceptors (Lipinski definition) is 6. The molecule has 0 N–H and O–H groups in total. The first-order valence-electron chi connectivity index (χ1n) is 14.7. The molecule has 17 heteroatoms. The first kappa shape index (κ1) is 34.4. The molecule has 50 heavy (non-hydrogen) atoms. The normalized spacial score (nSPS) is 12.6. The molecule has 0 amide bonds. The molecule has 0 saturated carbocycles. The van der Waals surface area contributed by atoms with E-state index in [2.05, 4.69) is 9.84 Å². The average Bonchev–Trinajstić information content (AvgIpc) is 3.70. The number of ether oxygens (including phenoxy) is 1. The van der Waals surface area contributed by atoms with Crippen LogP contribution in [0.2, 0.25) is 0 Å². The lowest BCUT2D eigenvalue weighted by Crippen LogP contribution is -2.25. The molecule has 0 aliphatic carbocycles. The van der Waals surface area contributed by atoms with Gasteiger partial charge in [0.25, 0.3) is 21.1 Å². The maximum Gasteiger partial charge on any atom is 0.522 e. The van der Waals surface area contributed by atoms with E-state index >= 15 is 0 Å². The van der Waals surface area contributed by atoms with Crippen LogP contribution < -0.4 is 11.1 Å². The summed E-state index contributed by atoms with van der Waals surface area (Å²) < 4.78 is 114. The SMILES string of the molecule is Cc1ccc(S(=O)(=O)n2c(-c3cnn(C(F)(F)F)c3)cc3c(-c4cc(=O)n(CCOC(F)(F)F)cc4-c4ccccc4)cn(C)c(=O)c32)cc1. The zero-order valence-electron chi connectivity index (χ0n) is 26.0. The molecule has 0 aliphatic heterocycles. The number of halogens is 6. The van der Waals surface area contributed by atoms with Crippen LogP contribution in [0.3, 0.4) is 0 Å². The minimum absolute atomic E-state index is 0.0340. The highest BCUT2D eigenvalue weighted by Gasteiger charge is 2.34. The Balaban J connectivity index is 1.68. The molecule has 10 nitrogen and oxygen atoms in total. The van der Waals surface area contributed by atoms with E-state index in [-0.39, 0.29) is 37.3 Å². The largest absolute Gasteiger partial charge is 0.522 e. The fourth-order valence-electron chi connectivity index (χ4n) is 5.54. The zero-order valence-corrected chi connectivity index (χ0v) is 26.8. The Labute approximate surface area is 279 Å². The maximum atomic E-state index is 14.3. The Morgan fingerprint density at radius 3 is 2.12 bits per heavy atom. The van der Waals surface area contributed by atoms with Crippen LogP contribution in [-0.2, 0) is 34.7 Å². The Hall–Kier alpha value is -5.42. The number of nitrogens with zero attached hydrogens (tertiary/aromatic N) is 5. The molecule has 0 aliphatic rings. The lowest BCUT2D eigenvalue weighted by atomic mass is 9.95. The molecule has 0 atom stereocenters. The van der Waals surface area contributed by atoms with E-state index in [1.165, 1.54) is 49.8 Å². The van der Waals surface area contributed by atoms with Crippen LogP contribution in [0.15, 0.2) is 106 Å². The van der Waals surface area contributed by atoms with Crippen molar-refractivity contribution in [1.82, 2.24) is 22.9 Å². The lowest BCUT2D eigenvalue weighted by molar-refractivity contribution is -0.325. The van der Waals surface area contributed by atoms with Crippen molar-refractivity contribution in [2.75, 3.05) is 6.61 Å². The Kier molecular flexibility index (Phi) is 8.59. The van der Waals surface area contributed by atoms with E-state index in [1.54, 1.807) is 37.3 Å². The van der Waals surface area contributed by atoms with Gasteiger partial charge in [0.1, 0.15) is 5.52 Å². The summed E-state index contributed by atoms with van der Waals surface area (Å²) in [5, 5.41) is 3.32. The van der Waals surface area contributed by atoms with E-state index in [1.807, 2.05) is 0 Å². The van der Waals surface area contributed by atoms with Crippen LogP contribution in [-0.4, -0.2) is 44.3 Å². The number of benzene rings is 2. The van der Waals surface area contributed by atoms with Gasteiger partial charge in [0.05, 0.1) is 23.4 Å². The molecule has 260 valence electrons. The summed E-state index contributed by atoms with van der Waals surface area (Å²) in [6.45, 7) is 0.386. The van der Waals surface area contributed by atoms with Crippen LogP contribution >= 0.6 is 0 Å². The molecule has 0 radical (unpaired) electrons. The highest BCUT2D eigenvalue weighted by Crippen LogP contribution is 2.39. The van der Waals surface area contributed by atoms with Crippen LogP contribution in [0, 0.1) is 6.92 Å². The van der Waals surface area contributed by atoms with Crippen molar-refractivity contribution in [1.29, 1.82) is 0 Å². The van der Waals surface area contributed by atoms with Gasteiger partial charge in [-0.1, -0.05) is 48.0 Å². The zero-order chi connectivity index (χ0) is 36.2. The van der Waals surface area contributed by atoms with Gasteiger partial charge in [-0.15, -0.1) is 26.3 Å². The van der Waals surface area contributed by atoms with Crippen LogP contribution in [0.25, 0.3) is 44.4 Å². The average molecular weight is 718 g/mol. The van der Waals surface area contributed by atoms with E-state index < -0.39 is 52.5 Å². The summed E-state index contributed by atoms with van der Waals surface area (Å²) >= 11 is 0. The molecule has 0 fully saturated rings.